The summed E-state index contributed by atoms with van der Waals surface area (Å²) in [5, 5.41) is 0. The van der Waals surface area contributed by atoms with Gasteiger partial charge in [-0.1, -0.05) is 12.1 Å². The van der Waals surface area contributed by atoms with Crippen molar-refractivity contribution < 1.29 is 18.7 Å². The standard InChI is InChI=1S/C25H29N3O4/c1-4-31-20-11-9-19(10-12-20)24-26-22(18(2)32-24)17-27-13-15-28(16-14-27)25(29)21-7-5-6-8-23(21)30-3/h5-12H,4,13-17H2,1-3H3. The maximum absolute atomic E-state index is 12.9. The SMILES string of the molecule is CCOc1ccc(-c2nc(CN3CCN(C(=O)c4ccccc4OC)CC3)c(C)o2)cc1. The molecule has 1 amide bonds. The van der Waals surface area contributed by atoms with Crippen molar-refractivity contribution in [1.82, 2.24) is 14.8 Å². The quantitative estimate of drug-likeness (QED) is 0.559. The van der Waals surface area contributed by atoms with Gasteiger partial charge in [0, 0.05) is 38.3 Å². The van der Waals surface area contributed by atoms with E-state index in [2.05, 4.69) is 4.90 Å². The van der Waals surface area contributed by atoms with Crippen LogP contribution in [0.1, 0.15) is 28.7 Å². The van der Waals surface area contributed by atoms with Gasteiger partial charge in [0.2, 0.25) is 5.89 Å². The van der Waals surface area contributed by atoms with Gasteiger partial charge in [0.15, 0.2) is 0 Å². The molecule has 0 unspecified atom stereocenters. The third-order valence-electron chi connectivity index (χ3n) is 5.68. The van der Waals surface area contributed by atoms with Crippen LogP contribution in [0.4, 0.5) is 0 Å². The largest absolute Gasteiger partial charge is 0.496 e. The number of para-hydroxylation sites is 1. The first-order chi connectivity index (χ1) is 15.6. The lowest BCUT2D eigenvalue weighted by atomic mass is 10.1. The van der Waals surface area contributed by atoms with Crippen LogP contribution in [0.15, 0.2) is 52.9 Å². The number of nitrogens with zero attached hydrogens (tertiary/aromatic N) is 3. The molecule has 0 N–H and O–H groups in total. The van der Waals surface area contributed by atoms with Crippen LogP contribution in [0.3, 0.4) is 0 Å². The van der Waals surface area contributed by atoms with Crippen LogP contribution in [0.2, 0.25) is 0 Å². The van der Waals surface area contributed by atoms with Crippen molar-refractivity contribution in [3.05, 3.63) is 65.5 Å². The number of aryl methyl sites for hydroxylation is 1. The highest BCUT2D eigenvalue weighted by atomic mass is 16.5. The third-order valence-corrected chi connectivity index (χ3v) is 5.68. The zero-order valence-corrected chi connectivity index (χ0v) is 18.8. The fourth-order valence-corrected chi connectivity index (χ4v) is 3.87. The number of piperazine rings is 1. The molecule has 3 aromatic rings. The van der Waals surface area contributed by atoms with Gasteiger partial charge in [-0.15, -0.1) is 0 Å². The summed E-state index contributed by atoms with van der Waals surface area (Å²) in [6.07, 6.45) is 0. The number of ether oxygens (including phenoxy) is 2. The minimum atomic E-state index is 0.0116. The Bertz CT molecular complexity index is 1050. The molecular weight excluding hydrogens is 406 g/mol. The maximum atomic E-state index is 12.9. The number of carbonyl (C=O) groups is 1. The number of rotatable bonds is 7. The highest BCUT2D eigenvalue weighted by Gasteiger charge is 2.25. The van der Waals surface area contributed by atoms with E-state index >= 15 is 0 Å². The minimum absolute atomic E-state index is 0.0116. The molecule has 1 saturated heterocycles. The van der Waals surface area contributed by atoms with Crippen molar-refractivity contribution in [3.8, 4) is 23.0 Å². The minimum Gasteiger partial charge on any atom is -0.496 e. The first-order valence-electron chi connectivity index (χ1n) is 10.9. The van der Waals surface area contributed by atoms with Gasteiger partial charge in [-0.3, -0.25) is 9.69 Å². The fourth-order valence-electron chi connectivity index (χ4n) is 3.87. The van der Waals surface area contributed by atoms with E-state index in [1.165, 1.54) is 0 Å². The van der Waals surface area contributed by atoms with Gasteiger partial charge in [-0.2, -0.15) is 0 Å². The Labute approximate surface area is 188 Å². The summed E-state index contributed by atoms with van der Waals surface area (Å²) in [4.78, 5) is 21.8. The van der Waals surface area contributed by atoms with Crippen LogP contribution in [-0.2, 0) is 6.54 Å². The second-order valence-electron chi connectivity index (χ2n) is 7.75. The average Bonchev–Trinajstić information content (AvgIpc) is 3.19. The number of hydrogen-bond acceptors (Lipinski definition) is 6. The van der Waals surface area contributed by atoms with E-state index in [4.69, 9.17) is 18.9 Å². The van der Waals surface area contributed by atoms with E-state index in [0.717, 1.165) is 35.9 Å². The predicted octanol–water partition coefficient (Wildman–Crippen LogP) is 4.02. The molecule has 1 fully saturated rings. The molecule has 0 aliphatic carbocycles. The van der Waals surface area contributed by atoms with Gasteiger partial charge in [0.1, 0.15) is 17.3 Å². The number of methoxy groups -OCH3 is 1. The molecule has 1 aliphatic heterocycles. The van der Waals surface area contributed by atoms with E-state index in [-0.39, 0.29) is 5.91 Å². The lowest BCUT2D eigenvalue weighted by molar-refractivity contribution is 0.0623. The van der Waals surface area contributed by atoms with Gasteiger partial charge in [-0.25, -0.2) is 4.98 Å². The smallest absolute Gasteiger partial charge is 0.257 e. The Morgan fingerprint density at radius 1 is 1.06 bits per heavy atom. The maximum Gasteiger partial charge on any atom is 0.257 e. The van der Waals surface area contributed by atoms with Gasteiger partial charge >= 0.3 is 0 Å². The molecule has 0 radical (unpaired) electrons. The molecule has 0 atom stereocenters. The molecule has 4 rings (SSSR count). The Hall–Kier alpha value is -3.32. The van der Waals surface area contributed by atoms with Crippen LogP contribution in [-0.4, -0.2) is 60.6 Å². The molecule has 168 valence electrons. The predicted molar refractivity (Wildman–Crippen MR) is 122 cm³/mol. The number of benzene rings is 2. The van der Waals surface area contributed by atoms with Gasteiger partial charge in [0.05, 0.1) is 25.0 Å². The normalized spacial score (nSPS) is 14.4. The molecule has 7 nitrogen and oxygen atoms in total. The second-order valence-corrected chi connectivity index (χ2v) is 7.75. The lowest BCUT2D eigenvalue weighted by Crippen LogP contribution is -2.48. The first-order valence-corrected chi connectivity index (χ1v) is 10.9. The van der Waals surface area contributed by atoms with Crippen molar-refractivity contribution in [2.45, 2.75) is 20.4 Å². The second kappa shape index (κ2) is 9.87. The summed E-state index contributed by atoms with van der Waals surface area (Å²) < 4.78 is 16.8. The molecule has 7 heteroatoms. The molecule has 2 heterocycles. The van der Waals surface area contributed by atoms with E-state index in [1.807, 2.05) is 67.3 Å². The van der Waals surface area contributed by atoms with Crippen LogP contribution in [0.25, 0.3) is 11.5 Å². The number of oxazole rings is 1. The summed E-state index contributed by atoms with van der Waals surface area (Å²) in [7, 11) is 1.59. The summed E-state index contributed by atoms with van der Waals surface area (Å²) in [5.74, 6) is 2.89. The highest BCUT2D eigenvalue weighted by Crippen LogP contribution is 2.25. The number of carbonyl (C=O) groups excluding carboxylic acids is 1. The highest BCUT2D eigenvalue weighted by molar-refractivity contribution is 5.97. The molecule has 1 aromatic heterocycles. The number of aromatic nitrogens is 1. The van der Waals surface area contributed by atoms with Crippen molar-refractivity contribution in [2.24, 2.45) is 0 Å². The van der Waals surface area contributed by atoms with Crippen molar-refractivity contribution in [3.63, 3.8) is 0 Å². The van der Waals surface area contributed by atoms with Crippen LogP contribution in [0, 0.1) is 6.92 Å². The molecule has 0 bridgehead atoms. The fraction of sp³-hybridized carbons (Fsp3) is 0.360. The van der Waals surface area contributed by atoms with E-state index < -0.39 is 0 Å². The Morgan fingerprint density at radius 2 is 1.78 bits per heavy atom. The molecule has 32 heavy (non-hydrogen) atoms. The molecule has 0 saturated carbocycles. The Kier molecular flexibility index (Phi) is 6.75. The van der Waals surface area contributed by atoms with Gasteiger partial charge in [-0.05, 0) is 50.2 Å². The zero-order valence-electron chi connectivity index (χ0n) is 18.8. The molecule has 0 spiro atoms. The molecular formula is C25H29N3O4. The van der Waals surface area contributed by atoms with Crippen molar-refractivity contribution in [1.29, 1.82) is 0 Å². The first kappa shape index (κ1) is 21.9. The van der Waals surface area contributed by atoms with E-state index in [9.17, 15) is 4.79 Å². The van der Waals surface area contributed by atoms with Gasteiger partial charge in [0.25, 0.3) is 5.91 Å². The monoisotopic (exact) mass is 435 g/mol. The van der Waals surface area contributed by atoms with Gasteiger partial charge < -0.3 is 18.8 Å². The summed E-state index contributed by atoms with van der Waals surface area (Å²) >= 11 is 0. The van der Waals surface area contributed by atoms with Crippen molar-refractivity contribution >= 4 is 5.91 Å². The Morgan fingerprint density at radius 3 is 2.47 bits per heavy atom. The summed E-state index contributed by atoms with van der Waals surface area (Å²) in [6, 6.07) is 15.1. The zero-order chi connectivity index (χ0) is 22.5. The van der Waals surface area contributed by atoms with Crippen LogP contribution >= 0.6 is 0 Å². The molecule has 1 aliphatic rings. The van der Waals surface area contributed by atoms with Crippen LogP contribution in [0.5, 0.6) is 11.5 Å². The summed E-state index contributed by atoms with van der Waals surface area (Å²) in [5.41, 5.74) is 2.46. The summed E-state index contributed by atoms with van der Waals surface area (Å²) in [6.45, 7) is 8.15. The average molecular weight is 436 g/mol. The topological polar surface area (TPSA) is 68.0 Å². The molecule has 2 aromatic carbocycles. The van der Waals surface area contributed by atoms with E-state index in [0.29, 0.717) is 43.4 Å². The number of hydrogen-bond donors (Lipinski definition) is 0. The number of amides is 1. The van der Waals surface area contributed by atoms with Crippen LogP contribution < -0.4 is 9.47 Å². The van der Waals surface area contributed by atoms with E-state index in [1.54, 1.807) is 7.11 Å². The third kappa shape index (κ3) is 4.78. The lowest BCUT2D eigenvalue weighted by Gasteiger charge is -2.34. The Balaban J connectivity index is 1.37. The van der Waals surface area contributed by atoms with Crippen molar-refractivity contribution in [2.75, 3.05) is 39.9 Å².